The van der Waals surface area contributed by atoms with E-state index in [1.165, 1.54) is 24.9 Å². The fraction of sp³-hybridized carbons (Fsp3) is 0.579. The average Bonchev–Trinajstić information content (AvgIpc) is 2.87. The van der Waals surface area contributed by atoms with Crippen molar-refractivity contribution in [1.29, 1.82) is 0 Å². The van der Waals surface area contributed by atoms with E-state index in [0.717, 1.165) is 49.6 Å². The summed E-state index contributed by atoms with van der Waals surface area (Å²) in [6, 6.07) is 11.4. The van der Waals surface area contributed by atoms with Crippen LogP contribution in [0.25, 0.3) is 0 Å². The largest absolute Gasteiger partial charge is 0.338 e. The molecule has 0 saturated carbocycles. The van der Waals surface area contributed by atoms with Gasteiger partial charge < -0.3 is 4.52 Å². The lowest BCUT2D eigenvalue weighted by molar-refractivity contribution is 0.109. The lowest BCUT2D eigenvalue weighted by atomic mass is 9.95. The van der Waals surface area contributed by atoms with Gasteiger partial charge in [0.2, 0.25) is 5.89 Å². The van der Waals surface area contributed by atoms with E-state index in [2.05, 4.69) is 56.5 Å². The predicted octanol–water partition coefficient (Wildman–Crippen LogP) is 3.03. The molecule has 0 amide bonds. The van der Waals surface area contributed by atoms with Gasteiger partial charge in [0.25, 0.3) is 0 Å². The second kappa shape index (κ2) is 7.89. The van der Waals surface area contributed by atoms with Crippen LogP contribution in [0.1, 0.15) is 30.1 Å². The molecular formula is C19H26N4OS. The molecule has 3 aliphatic rings. The quantitative estimate of drug-likeness (QED) is 0.791. The second-order valence-corrected chi connectivity index (χ2v) is 8.11. The van der Waals surface area contributed by atoms with Crippen LogP contribution < -0.4 is 0 Å². The molecule has 0 radical (unpaired) electrons. The highest BCUT2D eigenvalue weighted by atomic mass is 32.2. The van der Waals surface area contributed by atoms with Crippen molar-refractivity contribution in [3.05, 3.63) is 47.6 Å². The minimum Gasteiger partial charge on any atom is -0.338 e. The molecule has 1 aromatic heterocycles. The maximum atomic E-state index is 5.46. The Hall–Kier alpha value is -1.37. The van der Waals surface area contributed by atoms with Crippen molar-refractivity contribution in [3.8, 4) is 0 Å². The lowest BCUT2D eigenvalue weighted by Gasteiger charge is -2.35. The van der Waals surface area contributed by atoms with E-state index in [1.807, 2.05) is 0 Å². The van der Waals surface area contributed by atoms with Gasteiger partial charge in [0.05, 0.1) is 12.3 Å². The van der Waals surface area contributed by atoms with Gasteiger partial charge in [-0.25, -0.2) is 0 Å². The number of aromatic nitrogens is 2. The first-order chi connectivity index (χ1) is 12.3. The van der Waals surface area contributed by atoms with Gasteiger partial charge in [-0.2, -0.15) is 16.7 Å². The summed E-state index contributed by atoms with van der Waals surface area (Å²) >= 11 is 1.73. The van der Waals surface area contributed by atoms with Crippen LogP contribution in [0.2, 0.25) is 0 Å². The summed E-state index contributed by atoms with van der Waals surface area (Å²) in [5.41, 5.74) is 1.41. The Morgan fingerprint density at radius 3 is 2.84 bits per heavy atom. The highest BCUT2D eigenvalue weighted by Crippen LogP contribution is 2.29. The van der Waals surface area contributed by atoms with Gasteiger partial charge in [-0.15, -0.1) is 0 Å². The summed E-state index contributed by atoms with van der Waals surface area (Å²) in [5.74, 6) is 3.15. The first-order valence-electron chi connectivity index (χ1n) is 9.11. The molecule has 2 aromatic rings. The lowest BCUT2D eigenvalue weighted by Crippen LogP contribution is -2.43. The van der Waals surface area contributed by atoms with Crippen molar-refractivity contribution >= 4 is 11.8 Å². The van der Waals surface area contributed by atoms with Crippen molar-refractivity contribution in [2.45, 2.75) is 37.7 Å². The van der Waals surface area contributed by atoms with E-state index in [4.69, 9.17) is 4.52 Å². The molecule has 3 aliphatic heterocycles. The number of nitrogens with zero attached hydrogens (tertiary/aromatic N) is 4. The third-order valence-electron chi connectivity index (χ3n) is 5.27. The summed E-state index contributed by atoms with van der Waals surface area (Å²) < 4.78 is 5.46. The zero-order chi connectivity index (χ0) is 17.1. The molecule has 134 valence electrons. The van der Waals surface area contributed by atoms with Crippen LogP contribution in [0.4, 0.5) is 0 Å². The Morgan fingerprint density at radius 2 is 2.00 bits per heavy atom. The second-order valence-electron chi connectivity index (χ2n) is 7.24. The van der Waals surface area contributed by atoms with Crippen molar-refractivity contribution in [2.75, 3.05) is 25.9 Å². The predicted molar refractivity (Wildman–Crippen MR) is 100 cm³/mol. The van der Waals surface area contributed by atoms with E-state index in [1.54, 1.807) is 11.8 Å². The molecule has 0 spiro atoms. The first kappa shape index (κ1) is 17.1. The smallest absolute Gasteiger partial charge is 0.240 e. The van der Waals surface area contributed by atoms with Gasteiger partial charge in [0, 0.05) is 32.2 Å². The minimum absolute atomic E-state index is 0.596. The summed E-state index contributed by atoms with van der Waals surface area (Å²) in [7, 11) is 0. The third kappa shape index (κ3) is 4.25. The molecule has 2 atom stereocenters. The number of benzene rings is 1. The zero-order valence-electron chi connectivity index (χ0n) is 14.8. The molecule has 5 rings (SSSR count). The SMILES string of the molecule is CSCc1noc(CN2C[C@H]3CC[C@@H]2CN(Cc2ccccc2)C3)n1. The summed E-state index contributed by atoms with van der Waals surface area (Å²) in [4.78, 5) is 9.74. The molecule has 4 heterocycles. The Balaban J connectivity index is 1.40. The third-order valence-corrected chi connectivity index (χ3v) is 5.82. The maximum absolute atomic E-state index is 5.46. The fourth-order valence-electron chi connectivity index (χ4n) is 4.16. The molecule has 3 saturated heterocycles. The van der Waals surface area contributed by atoms with E-state index in [-0.39, 0.29) is 0 Å². The molecule has 3 fully saturated rings. The molecule has 6 heteroatoms. The van der Waals surface area contributed by atoms with Crippen molar-refractivity contribution in [1.82, 2.24) is 19.9 Å². The van der Waals surface area contributed by atoms with E-state index < -0.39 is 0 Å². The molecule has 25 heavy (non-hydrogen) atoms. The molecule has 0 aliphatic carbocycles. The van der Waals surface area contributed by atoms with E-state index in [9.17, 15) is 0 Å². The highest BCUT2D eigenvalue weighted by Gasteiger charge is 2.35. The van der Waals surface area contributed by atoms with Crippen LogP contribution in [-0.2, 0) is 18.8 Å². The van der Waals surface area contributed by atoms with E-state index >= 15 is 0 Å². The Morgan fingerprint density at radius 1 is 1.12 bits per heavy atom. The molecule has 0 unspecified atom stereocenters. The van der Waals surface area contributed by atoms with Gasteiger partial charge in [-0.05, 0) is 30.6 Å². The Bertz CT molecular complexity index is 677. The molecular weight excluding hydrogens is 332 g/mol. The van der Waals surface area contributed by atoms with Crippen LogP contribution >= 0.6 is 11.8 Å². The molecule has 0 N–H and O–H groups in total. The first-order valence-corrected chi connectivity index (χ1v) is 10.5. The van der Waals surface area contributed by atoms with Gasteiger partial charge >= 0.3 is 0 Å². The highest BCUT2D eigenvalue weighted by molar-refractivity contribution is 7.97. The topological polar surface area (TPSA) is 45.4 Å². The molecule has 5 nitrogen and oxygen atoms in total. The summed E-state index contributed by atoms with van der Waals surface area (Å²) in [6.07, 6.45) is 4.68. The number of fused-ring (bicyclic) bond motifs is 4. The van der Waals surface area contributed by atoms with E-state index in [0.29, 0.717) is 6.04 Å². The minimum atomic E-state index is 0.596. The molecule has 2 bridgehead atoms. The van der Waals surface area contributed by atoms with Crippen LogP contribution in [0, 0.1) is 5.92 Å². The monoisotopic (exact) mass is 358 g/mol. The summed E-state index contributed by atoms with van der Waals surface area (Å²) in [5, 5.41) is 4.08. The van der Waals surface area contributed by atoms with Crippen molar-refractivity contribution < 1.29 is 4.52 Å². The number of piperidine rings is 1. The Labute approximate surface area is 153 Å². The fourth-order valence-corrected chi connectivity index (χ4v) is 4.53. The number of rotatable bonds is 6. The zero-order valence-corrected chi connectivity index (χ0v) is 15.6. The van der Waals surface area contributed by atoms with Crippen LogP contribution in [0.3, 0.4) is 0 Å². The Kier molecular flexibility index (Phi) is 5.39. The van der Waals surface area contributed by atoms with Gasteiger partial charge in [0.15, 0.2) is 5.82 Å². The number of hydrogen-bond donors (Lipinski definition) is 0. The van der Waals surface area contributed by atoms with Gasteiger partial charge in [0.1, 0.15) is 0 Å². The van der Waals surface area contributed by atoms with Crippen molar-refractivity contribution in [3.63, 3.8) is 0 Å². The van der Waals surface area contributed by atoms with Crippen LogP contribution in [0.5, 0.6) is 0 Å². The summed E-state index contributed by atoms with van der Waals surface area (Å²) in [6.45, 7) is 5.33. The molecule has 1 aromatic carbocycles. The van der Waals surface area contributed by atoms with Crippen molar-refractivity contribution in [2.24, 2.45) is 5.92 Å². The van der Waals surface area contributed by atoms with Gasteiger partial charge in [-0.3, -0.25) is 9.80 Å². The number of hydrogen-bond acceptors (Lipinski definition) is 6. The van der Waals surface area contributed by atoms with Crippen LogP contribution in [-0.4, -0.2) is 51.9 Å². The van der Waals surface area contributed by atoms with Gasteiger partial charge in [-0.1, -0.05) is 35.5 Å². The van der Waals surface area contributed by atoms with Crippen LogP contribution in [0.15, 0.2) is 34.9 Å². The maximum Gasteiger partial charge on any atom is 0.240 e. The normalized spacial score (nSPS) is 24.5. The average molecular weight is 359 g/mol. The standard InChI is InChI=1S/C19H26N4OS/c1-25-14-18-20-19(24-21-18)13-23-11-16-7-8-17(23)12-22(10-16)9-15-5-3-2-4-6-15/h2-6,16-17H,7-14H2,1H3/t16-,17+/m0/s1. The number of thioether (sulfide) groups is 1.